The van der Waals surface area contributed by atoms with Crippen molar-refractivity contribution in [2.24, 2.45) is 0 Å². The fraction of sp³-hybridized carbons (Fsp3) is 0.118. The van der Waals surface area contributed by atoms with Gasteiger partial charge in [0.1, 0.15) is 0 Å². The zero-order valence-corrected chi connectivity index (χ0v) is 15.0. The number of aryl methyl sites for hydroxylation is 1. The lowest BCUT2D eigenvalue weighted by atomic mass is 10.1. The Labute approximate surface area is 151 Å². The number of ether oxygens (including phenoxy) is 1. The first-order valence-electron chi connectivity index (χ1n) is 7.20. The number of aromatic nitrogens is 1. The van der Waals surface area contributed by atoms with Crippen molar-refractivity contribution >= 4 is 39.7 Å². The molecule has 0 aliphatic rings. The molecule has 3 rings (SSSR count). The van der Waals surface area contributed by atoms with Gasteiger partial charge in [0, 0.05) is 15.3 Å². The van der Waals surface area contributed by atoms with Crippen molar-refractivity contribution in [2.75, 3.05) is 12.4 Å². The van der Waals surface area contributed by atoms with Crippen molar-refractivity contribution in [3.63, 3.8) is 0 Å². The van der Waals surface area contributed by atoms with Gasteiger partial charge in [0.15, 0.2) is 10.3 Å². The van der Waals surface area contributed by atoms with Crippen LogP contribution in [0.5, 0.6) is 0 Å². The van der Waals surface area contributed by atoms with Gasteiger partial charge in [-0.25, -0.2) is 9.78 Å². The minimum atomic E-state index is -0.468. The molecule has 0 aliphatic heterocycles. The zero-order valence-electron chi connectivity index (χ0n) is 13.3. The van der Waals surface area contributed by atoms with Crippen LogP contribution < -0.4 is 5.32 Å². The van der Waals surface area contributed by atoms with Crippen molar-refractivity contribution in [2.45, 2.75) is 6.92 Å². The first-order chi connectivity index (χ1) is 12.0. The third kappa shape index (κ3) is 3.59. The highest BCUT2D eigenvalue weighted by Gasteiger charge is 2.19. The number of thiophene rings is 1. The SMILES string of the molecule is COC(=O)c1ccccc1-c1cc(C(=O)Nc2ncc(F)s2)c(C)s1. The van der Waals surface area contributed by atoms with Gasteiger partial charge in [-0.05, 0) is 19.1 Å². The quantitative estimate of drug-likeness (QED) is 0.687. The average molecular weight is 376 g/mol. The van der Waals surface area contributed by atoms with E-state index >= 15 is 0 Å². The number of methoxy groups -OCH3 is 1. The summed E-state index contributed by atoms with van der Waals surface area (Å²) in [6.45, 7) is 1.81. The van der Waals surface area contributed by atoms with E-state index in [1.54, 1.807) is 24.3 Å². The van der Waals surface area contributed by atoms with Gasteiger partial charge >= 0.3 is 5.97 Å². The number of amides is 1. The highest BCUT2D eigenvalue weighted by atomic mass is 32.1. The lowest BCUT2D eigenvalue weighted by molar-refractivity contribution is 0.0601. The van der Waals surface area contributed by atoms with Gasteiger partial charge in [-0.3, -0.25) is 10.1 Å². The summed E-state index contributed by atoms with van der Waals surface area (Å²) in [6.07, 6.45) is 1.05. The molecule has 128 valence electrons. The number of carbonyl (C=O) groups is 2. The average Bonchev–Trinajstić information content (AvgIpc) is 3.19. The molecule has 8 heteroatoms. The van der Waals surface area contributed by atoms with Crippen LogP contribution >= 0.6 is 22.7 Å². The molecule has 1 aromatic carbocycles. The van der Waals surface area contributed by atoms with Crippen molar-refractivity contribution in [3.05, 3.63) is 57.7 Å². The summed E-state index contributed by atoms with van der Waals surface area (Å²) in [7, 11) is 1.32. The molecule has 0 radical (unpaired) electrons. The van der Waals surface area contributed by atoms with Gasteiger partial charge in [-0.1, -0.05) is 29.5 Å². The Morgan fingerprint density at radius 2 is 1.96 bits per heavy atom. The molecule has 0 bridgehead atoms. The monoisotopic (exact) mass is 376 g/mol. The Morgan fingerprint density at radius 1 is 1.20 bits per heavy atom. The number of rotatable bonds is 4. The van der Waals surface area contributed by atoms with Crippen molar-refractivity contribution in [1.82, 2.24) is 4.98 Å². The maximum absolute atomic E-state index is 13.0. The van der Waals surface area contributed by atoms with Crippen molar-refractivity contribution in [1.29, 1.82) is 0 Å². The fourth-order valence-electron chi connectivity index (χ4n) is 2.30. The molecule has 0 fully saturated rings. The van der Waals surface area contributed by atoms with Crippen molar-refractivity contribution in [3.8, 4) is 10.4 Å². The molecule has 0 saturated carbocycles. The first kappa shape index (κ1) is 17.2. The van der Waals surface area contributed by atoms with E-state index in [2.05, 4.69) is 10.3 Å². The number of esters is 1. The Balaban J connectivity index is 1.93. The van der Waals surface area contributed by atoms with Crippen LogP contribution in [0.4, 0.5) is 9.52 Å². The van der Waals surface area contributed by atoms with Crippen LogP contribution in [0.1, 0.15) is 25.6 Å². The topological polar surface area (TPSA) is 68.3 Å². The zero-order chi connectivity index (χ0) is 18.0. The molecule has 25 heavy (non-hydrogen) atoms. The first-order valence-corrected chi connectivity index (χ1v) is 8.83. The van der Waals surface area contributed by atoms with E-state index < -0.39 is 11.1 Å². The molecule has 0 spiro atoms. The van der Waals surface area contributed by atoms with E-state index in [4.69, 9.17) is 4.74 Å². The number of halogens is 1. The van der Waals surface area contributed by atoms with Gasteiger partial charge in [0.25, 0.3) is 5.91 Å². The minimum Gasteiger partial charge on any atom is -0.465 e. The Kier molecular flexibility index (Phi) is 4.91. The number of carbonyl (C=O) groups excluding carboxylic acids is 2. The molecule has 0 aliphatic carbocycles. The van der Waals surface area contributed by atoms with Gasteiger partial charge in [0.2, 0.25) is 0 Å². The number of nitrogens with one attached hydrogen (secondary N) is 1. The number of nitrogens with zero attached hydrogens (tertiary/aromatic N) is 1. The molecule has 2 aromatic heterocycles. The van der Waals surface area contributed by atoms with Crippen LogP contribution in [0.2, 0.25) is 0 Å². The van der Waals surface area contributed by atoms with Gasteiger partial charge < -0.3 is 4.74 Å². The normalized spacial score (nSPS) is 10.5. The van der Waals surface area contributed by atoms with Crippen LogP contribution in [0.15, 0.2) is 36.5 Å². The molecule has 1 N–H and O–H groups in total. The van der Waals surface area contributed by atoms with E-state index in [0.29, 0.717) is 16.7 Å². The number of hydrogen-bond acceptors (Lipinski definition) is 6. The van der Waals surface area contributed by atoms with Crippen LogP contribution in [0, 0.1) is 12.1 Å². The van der Waals surface area contributed by atoms with Gasteiger partial charge in [-0.15, -0.1) is 11.3 Å². The van der Waals surface area contributed by atoms with Crippen LogP contribution in [-0.2, 0) is 4.74 Å². The molecule has 0 saturated heterocycles. The lowest BCUT2D eigenvalue weighted by Gasteiger charge is -2.05. The maximum atomic E-state index is 13.0. The summed E-state index contributed by atoms with van der Waals surface area (Å²) in [6, 6.07) is 8.75. The lowest BCUT2D eigenvalue weighted by Crippen LogP contribution is -2.11. The third-order valence-corrected chi connectivity index (χ3v) is 5.24. The summed E-state index contributed by atoms with van der Waals surface area (Å²) < 4.78 is 17.8. The van der Waals surface area contributed by atoms with E-state index in [9.17, 15) is 14.0 Å². The molecule has 0 atom stereocenters. The number of anilines is 1. The van der Waals surface area contributed by atoms with E-state index in [-0.39, 0.29) is 11.0 Å². The number of benzene rings is 1. The summed E-state index contributed by atoms with van der Waals surface area (Å²) in [5.74, 6) is -0.809. The Morgan fingerprint density at radius 3 is 2.64 bits per heavy atom. The second-order valence-corrected chi connectivity index (χ2v) is 7.28. The van der Waals surface area contributed by atoms with Crippen LogP contribution in [0.25, 0.3) is 10.4 Å². The van der Waals surface area contributed by atoms with Crippen LogP contribution in [-0.4, -0.2) is 24.0 Å². The predicted octanol–water partition coefficient (Wildman–Crippen LogP) is 4.36. The molecular formula is C17H13FN2O3S2. The number of hydrogen-bond donors (Lipinski definition) is 1. The second kappa shape index (κ2) is 7.12. The summed E-state index contributed by atoms with van der Waals surface area (Å²) in [5.41, 5.74) is 1.58. The highest BCUT2D eigenvalue weighted by Crippen LogP contribution is 2.34. The fourth-order valence-corrected chi connectivity index (χ4v) is 3.90. The Hall–Kier alpha value is -2.58. The molecular weight excluding hydrogens is 363 g/mol. The number of thiazole rings is 1. The molecule has 3 aromatic rings. The second-order valence-electron chi connectivity index (χ2n) is 5.04. The van der Waals surface area contributed by atoms with Crippen LogP contribution in [0.3, 0.4) is 0 Å². The van der Waals surface area contributed by atoms with E-state index in [0.717, 1.165) is 27.3 Å². The van der Waals surface area contributed by atoms with E-state index in [1.165, 1.54) is 18.4 Å². The van der Waals surface area contributed by atoms with Gasteiger partial charge in [-0.2, -0.15) is 4.39 Å². The molecule has 1 amide bonds. The van der Waals surface area contributed by atoms with Crippen molar-refractivity contribution < 1.29 is 18.7 Å². The Bertz CT molecular complexity index is 949. The molecule has 0 unspecified atom stereocenters. The van der Waals surface area contributed by atoms with Gasteiger partial charge in [0.05, 0.1) is 24.4 Å². The maximum Gasteiger partial charge on any atom is 0.338 e. The van der Waals surface area contributed by atoms with E-state index in [1.807, 2.05) is 13.0 Å². The standard InChI is InChI=1S/C17H13FN2O3S2/c1-9-12(15(21)20-17-19-8-14(18)25-17)7-13(24-9)10-5-3-4-6-11(10)16(22)23-2/h3-8H,1-2H3,(H,19,20,21). The minimum absolute atomic E-state index is 0.199. The largest absolute Gasteiger partial charge is 0.465 e. The molecule has 5 nitrogen and oxygen atoms in total. The summed E-state index contributed by atoms with van der Waals surface area (Å²) in [4.78, 5) is 29.7. The molecule has 2 heterocycles. The predicted molar refractivity (Wildman–Crippen MR) is 95.9 cm³/mol. The smallest absolute Gasteiger partial charge is 0.338 e. The third-order valence-electron chi connectivity index (χ3n) is 3.46. The highest BCUT2D eigenvalue weighted by molar-refractivity contribution is 7.16. The summed E-state index contributed by atoms with van der Waals surface area (Å²) >= 11 is 2.16. The summed E-state index contributed by atoms with van der Waals surface area (Å²) in [5, 5.41) is 2.31.